The molecule has 1 saturated carbocycles. The number of likely N-dealkylation sites (N-methyl/N-ethyl adjacent to an activating group) is 1. The van der Waals surface area contributed by atoms with E-state index in [0.717, 1.165) is 6.04 Å². The second-order valence-electron chi connectivity index (χ2n) is 5.45. The number of rotatable bonds is 2. The molecule has 0 spiro atoms. The number of quaternary nitrogens is 2. The minimum Gasteiger partial charge on any atom is -0.326 e. The van der Waals surface area contributed by atoms with E-state index < -0.39 is 0 Å². The molecule has 0 aromatic rings. The lowest BCUT2D eigenvalue weighted by atomic mass is 10.1. The van der Waals surface area contributed by atoms with Crippen molar-refractivity contribution >= 4 is 0 Å². The first kappa shape index (κ1) is 11.4. The molecule has 2 rings (SSSR count). The van der Waals surface area contributed by atoms with Gasteiger partial charge >= 0.3 is 0 Å². The lowest BCUT2D eigenvalue weighted by Gasteiger charge is -2.34. The number of nitrogens with one attached hydrogen (secondary N) is 2. The molecule has 1 aliphatic heterocycles. The molecule has 2 heteroatoms. The van der Waals surface area contributed by atoms with Crippen molar-refractivity contribution < 1.29 is 9.80 Å². The summed E-state index contributed by atoms with van der Waals surface area (Å²) >= 11 is 0. The van der Waals surface area contributed by atoms with Crippen molar-refractivity contribution in [1.82, 2.24) is 0 Å². The molecular weight excluding hydrogens is 184 g/mol. The Morgan fingerprint density at radius 3 is 2.00 bits per heavy atom. The standard InChI is InChI=1S/C13H26N2/c1-2-14-9-11-15(12-10-14)13-7-5-3-4-6-8-13/h13H,2-12H2,1H3/p+2. The Hall–Kier alpha value is -0.0800. The van der Waals surface area contributed by atoms with Gasteiger partial charge in [-0.3, -0.25) is 0 Å². The summed E-state index contributed by atoms with van der Waals surface area (Å²) in [7, 11) is 0. The van der Waals surface area contributed by atoms with E-state index in [1.807, 2.05) is 9.80 Å². The van der Waals surface area contributed by atoms with Crippen molar-refractivity contribution in [3.05, 3.63) is 0 Å². The number of hydrogen-bond acceptors (Lipinski definition) is 0. The third-order valence-electron chi connectivity index (χ3n) is 4.53. The van der Waals surface area contributed by atoms with Gasteiger partial charge in [0.05, 0.1) is 12.6 Å². The van der Waals surface area contributed by atoms with Gasteiger partial charge < -0.3 is 9.80 Å². The number of hydrogen-bond donors (Lipinski definition) is 2. The van der Waals surface area contributed by atoms with Crippen LogP contribution in [0.25, 0.3) is 0 Å². The fourth-order valence-electron chi connectivity index (χ4n) is 3.37. The zero-order valence-electron chi connectivity index (χ0n) is 10.4. The molecule has 0 aromatic carbocycles. The van der Waals surface area contributed by atoms with Crippen LogP contribution in [-0.4, -0.2) is 38.8 Å². The van der Waals surface area contributed by atoms with Crippen molar-refractivity contribution in [2.75, 3.05) is 32.7 Å². The van der Waals surface area contributed by atoms with Crippen LogP contribution >= 0.6 is 0 Å². The Morgan fingerprint density at radius 2 is 1.47 bits per heavy atom. The third kappa shape index (κ3) is 3.18. The molecule has 0 aromatic heterocycles. The van der Waals surface area contributed by atoms with Crippen LogP contribution in [0.3, 0.4) is 0 Å². The summed E-state index contributed by atoms with van der Waals surface area (Å²) in [5.41, 5.74) is 0. The largest absolute Gasteiger partial charge is 0.326 e. The SMILES string of the molecule is CC[NH+]1CC[NH+](C2CCCCCC2)CC1. The molecular formula is C13H28N2+2. The molecule has 15 heavy (non-hydrogen) atoms. The van der Waals surface area contributed by atoms with Crippen LogP contribution in [0.4, 0.5) is 0 Å². The van der Waals surface area contributed by atoms with Crippen LogP contribution in [0, 0.1) is 0 Å². The van der Waals surface area contributed by atoms with Gasteiger partial charge in [0.1, 0.15) is 26.2 Å². The van der Waals surface area contributed by atoms with Gasteiger partial charge in [-0.05, 0) is 32.6 Å². The predicted octanol–water partition coefficient (Wildman–Crippen LogP) is -0.487. The van der Waals surface area contributed by atoms with Crippen LogP contribution in [0.15, 0.2) is 0 Å². The van der Waals surface area contributed by atoms with Gasteiger partial charge in [-0.15, -0.1) is 0 Å². The highest BCUT2D eigenvalue weighted by atomic mass is 15.3. The van der Waals surface area contributed by atoms with Gasteiger partial charge in [0.2, 0.25) is 0 Å². The summed E-state index contributed by atoms with van der Waals surface area (Å²) in [6, 6.07) is 1.02. The topological polar surface area (TPSA) is 8.88 Å². The van der Waals surface area contributed by atoms with E-state index >= 15 is 0 Å². The van der Waals surface area contributed by atoms with Crippen LogP contribution in [0.5, 0.6) is 0 Å². The molecule has 1 saturated heterocycles. The first-order chi connectivity index (χ1) is 7.40. The highest BCUT2D eigenvalue weighted by Gasteiger charge is 2.28. The number of piperazine rings is 1. The van der Waals surface area contributed by atoms with E-state index in [2.05, 4.69) is 6.92 Å². The summed E-state index contributed by atoms with van der Waals surface area (Å²) in [6.45, 7) is 9.37. The van der Waals surface area contributed by atoms with Gasteiger partial charge in [0, 0.05) is 0 Å². The highest BCUT2D eigenvalue weighted by molar-refractivity contribution is 4.63. The lowest BCUT2D eigenvalue weighted by molar-refractivity contribution is -1.02. The molecule has 2 aliphatic rings. The first-order valence-corrected chi connectivity index (χ1v) is 7.08. The van der Waals surface area contributed by atoms with Gasteiger partial charge in [0.15, 0.2) is 0 Å². The molecule has 88 valence electrons. The summed E-state index contributed by atoms with van der Waals surface area (Å²) in [6.07, 6.45) is 9.01. The van der Waals surface area contributed by atoms with Crippen LogP contribution in [-0.2, 0) is 0 Å². The fourth-order valence-corrected chi connectivity index (χ4v) is 3.37. The van der Waals surface area contributed by atoms with Gasteiger partial charge in [0.25, 0.3) is 0 Å². The molecule has 2 fully saturated rings. The molecule has 2 N–H and O–H groups in total. The zero-order valence-corrected chi connectivity index (χ0v) is 10.4. The van der Waals surface area contributed by atoms with E-state index in [0.29, 0.717) is 0 Å². The smallest absolute Gasteiger partial charge is 0.127 e. The van der Waals surface area contributed by atoms with Gasteiger partial charge in [-0.1, -0.05) is 12.8 Å². The molecule has 0 radical (unpaired) electrons. The zero-order chi connectivity index (χ0) is 10.5. The Morgan fingerprint density at radius 1 is 0.867 bits per heavy atom. The first-order valence-electron chi connectivity index (χ1n) is 7.08. The second kappa shape index (κ2) is 5.86. The van der Waals surface area contributed by atoms with Gasteiger partial charge in [-0.25, -0.2) is 0 Å². The predicted molar refractivity (Wildman–Crippen MR) is 63.4 cm³/mol. The molecule has 1 heterocycles. The maximum Gasteiger partial charge on any atom is 0.127 e. The summed E-state index contributed by atoms with van der Waals surface area (Å²) in [4.78, 5) is 3.77. The van der Waals surface area contributed by atoms with E-state index in [1.54, 1.807) is 0 Å². The normalized spacial score (nSPS) is 35.0. The summed E-state index contributed by atoms with van der Waals surface area (Å²) in [5.74, 6) is 0. The van der Waals surface area contributed by atoms with E-state index in [9.17, 15) is 0 Å². The van der Waals surface area contributed by atoms with Crippen LogP contribution < -0.4 is 9.80 Å². The Balaban J connectivity index is 1.78. The quantitative estimate of drug-likeness (QED) is 0.572. The maximum atomic E-state index is 2.33. The molecule has 0 atom stereocenters. The maximum absolute atomic E-state index is 2.33. The van der Waals surface area contributed by atoms with Crippen molar-refractivity contribution in [3.8, 4) is 0 Å². The van der Waals surface area contributed by atoms with Crippen molar-refractivity contribution in [1.29, 1.82) is 0 Å². The minimum absolute atomic E-state index is 1.02. The fraction of sp³-hybridized carbons (Fsp3) is 1.00. The average Bonchev–Trinajstić information content (AvgIpc) is 2.58. The van der Waals surface area contributed by atoms with Crippen LogP contribution in [0.2, 0.25) is 0 Å². The van der Waals surface area contributed by atoms with Crippen molar-refractivity contribution in [3.63, 3.8) is 0 Å². The monoisotopic (exact) mass is 212 g/mol. The second-order valence-corrected chi connectivity index (χ2v) is 5.45. The Kier molecular flexibility index (Phi) is 4.45. The van der Waals surface area contributed by atoms with Crippen molar-refractivity contribution in [2.45, 2.75) is 51.5 Å². The molecule has 2 nitrogen and oxygen atoms in total. The highest BCUT2D eigenvalue weighted by Crippen LogP contribution is 2.15. The molecule has 1 aliphatic carbocycles. The van der Waals surface area contributed by atoms with E-state index in [-0.39, 0.29) is 0 Å². The summed E-state index contributed by atoms with van der Waals surface area (Å²) in [5, 5.41) is 0. The molecule has 0 amide bonds. The third-order valence-corrected chi connectivity index (χ3v) is 4.53. The van der Waals surface area contributed by atoms with E-state index in [4.69, 9.17) is 0 Å². The Labute approximate surface area is 94.6 Å². The minimum atomic E-state index is 1.02. The van der Waals surface area contributed by atoms with Gasteiger partial charge in [-0.2, -0.15) is 0 Å². The van der Waals surface area contributed by atoms with Crippen molar-refractivity contribution in [2.24, 2.45) is 0 Å². The lowest BCUT2D eigenvalue weighted by Crippen LogP contribution is -3.29. The van der Waals surface area contributed by atoms with E-state index in [1.165, 1.54) is 71.2 Å². The molecule has 0 bridgehead atoms. The average molecular weight is 212 g/mol. The summed E-state index contributed by atoms with van der Waals surface area (Å²) < 4.78 is 0. The van der Waals surface area contributed by atoms with Crippen LogP contribution in [0.1, 0.15) is 45.4 Å². The Bertz CT molecular complexity index is 165. The molecule has 0 unspecified atom stereocenters.